The number of nitrogens with zero attached hydrogens (tertiary/aromatic N) is 2. The van der Waals surface area contributed by atoms with Gasteiger partial charge in [-0.2, -0.15) is 0 Å². The summed E-state index contributed by atoms with van der Waals surface area (Å²) in [6.45, 7) is 1.90. The minimum absolute atomic E-state index is 0.0272. The summed E-state index contributed by atoms with van der Waals surface area (Å²) >= 11 is 12.2. The molecule has 5 nitrogen and oxygen atoms in total. The van der Waals surface area contributed by atoms with Crippen LogP contribution in [0.4, 0.5) is 0 Å². The third kappa shape index (κ3) is 6.59. The Hall–Kier alpha value is -3.02. The van der Waals surface area contributed by atoms with Gasteiger partial charge in [0.05, 0.1) is 16.7 Å². The topological polar surface area (TPSA) is 49.9 Å². The van der Waals surface area contributed by atoms with E-state index in [4.69, 9.17) is 27.9 Å². The molecule has 36 heavy (non-hydrogen) atoms. The smallest absolute Gasteiger partial charge is 0.253 e. The Morgan fingerprint density at radius 1 is 0.972 bits per heavy atom. The normalized spacial score (nSPS) is 17.5. The zero-order valence-electron chi connectivity index (χ0n) is 20.3. The van der Waals surface area contributed by atoms with Crippen LogP contribution in [0.5, 0.6) is 5.75 Å². The van der Waals surface area contributed by atoms with Crippen LogP contribution in [0.1, 0.15) is 35.2 Å². The molecule has 7 heteroatoms. The van der Waals surface area contributed by atoms with Crippen molar-refractivity contribution in [3.8, 4) is 5.75 Å². The number of halogens is 2. The van der Waals surface area contributed by atoms with Gasteiger partial charge in [0.15, 0.2) is 0 Å². The molecule has 0 radical (unpaired) electrons. The number of likely N-dealkylation sites (tertiary alicyclic amines) is 1. The molecule has 1 aliphatic rings. The van der Waals surface area contributed by atoms with Gasteiger partial charge < -0.3 is 14.5 Å². The Balaban J connectivity index is 1.53. The Kier molecular flexibility index (Phi) is 8.55. The zero-order valence-corrected chi connectivity index (χ0v) is 21.8. The van der Waals surface area contributed by atoms with Gasteiger partial charge in [-0.25, -0.2) is 0 Å². The van der Waals surface area contributed by atoms with Crippen molar-refractivity contribution >= 4 is 35.0 Å². The molecule has 0 aliphatic carbocycles. The number of hydrogen-bond donors (Lipinski definition) is 0. The third-order valence-corrected chi connectivity index (χ3v) is 7.36. The number of carbonyl (C=O) groups is 2. The Morgan fingerprint density at radius 2 is 1.67 bits per heavy atom. The first-order chi connectivity index (χ1) is 17.3. The average Bonchev–Trinajstić information content (AvgIpc) is 2.90. The largest absolute Gasteiger partial charge is 0.493 e. The lowest BCUT2D eigenvalue weighted by Crippen LogP contribution is -2.50. The number of carbonyl (C=O) groups excluding carboxylic acids is 2. The van der Waals surface area contributed by atoms with E-state index in [-0.39, 0.29) is 18.2 Å². The number of rotatable bonds is 8. The van der Waals surface area contributed by atoms with Gasteiger partial charge in [0.25, 0.3) is 5.91 Å². The molecule has 2 amide bonds. The van der Waals surface area contributed by atoms with Crippen molar-refractivity contribution in [2.75, 3.05) is 26.7 Å². The molecular formula is C29H30Cl2N2O3. The maximum absolute atomic E-state index is 13.4. The number of piperidine rings is 1. The average molecular weight is 525 g/mol. The lowest BCUT2D eigenvalue weighted by atomic mass is 9.77. The third-order valence-electron chi connectivity index (χ3n) is 6.62. The second-order valence-corrected chi connectivity index (χ2v) is 10.3. The minimum Gasteiger partial charge on any atom is -0.493 e. The second-order valence-electron chi connectivity index (χ2n) is 9.47. The van der Waals surface area contributed by atoms with E-state index in [2.05, 4.69) is 0 Å². The molecule has 3 aromatic rings. The summed E-state index contributed by atoms with van der Waals surface area (Å²) in [5.41, 5.74) is 1.04. The van der Waals surface area contributed by atoms with Crippen LogP contribution in [0.2, 0.25) is 10.0 Å². The van der Waals surface area contributed by atoms with Crippen LogP contribution < -0.4 is 4.74 Å². The highest BCUT2D eigenvalue weighted by molar-refractivity contribution is 6.42. The SMILES string of the molecule is CN(Cc1ccccc1)C(=O)C[C@]1(COc2ccccc2)CCCN(C(=O)c2ccc(Cl)c(Cl)c2)C1. The summed E-state index contributed by atoms with van der Waals surface area (Å²) in [5.74, 6) is 0.650. The Morgan fingerprint density at radius 3 is 2.36 bits per heavy atom. The number of benzene rings is 3. The molecule has 1 heterocycles. The van der Waals surface area contributed by atoms with Crippen molar-refractivity contribution in [1.82, 2.24) is 9.80 Å². The zero-order chi connectivity index (χ0) is 25.5. The van der Waals surface area contributed by atoms with Crippen LogP contribution in [-0.2, 0) is 11.3 Å². The fourth-order valence-corrected chi connectivity index (χ4v) is 4.96. The monoisotopic (exact) mass is 524 g/mol. The van der Waals surface area contributed by atoms with E-state index in [1.54, 1.807) is 23.1 Å². The highest BCUT2D eigenvalue weighted by atomic mass is 35.5. The molecule has 1 saturated heterocycles. The molecule has 3 aromatic carbocycles. The van der Waals surface area contributed by atoms with Gasteiger partial charge in [0.1, 0.15) is 5.75 Å². The summed E-state index contributed by atoms with van der Waals surface area (Å²) in [5, 5.41) is 0.750. The summed E-state index contributed by atoms with van der Waals surface area (Å²) < 4.78 is 6.17. The highest BCUT2D eigenvalue weighted by Crippen LogP contribution is 2.36. The van der Waals surface area contributed by atoms with Crippen molar-refractivity contribution in [3.63, 3.8) is 0 Å². The molecule has 0 aromatic heterocycles. The van der Waals surface area contributed by atoms with E-state index in [1.165, 1.54) is 0 Å². The lowest BCUT2D eigenvalue weighted by Gasteiger charge is -2.43. The fraction of sp³-hybridized carbons (Fsp3) is 0.310. The van der Waals surface area contributed by atoms with Crippen LogP contribution >= 0.6 is 23.2 Å². The van der Waals surface area contributed by atoms with Crippen molar-refractivity contribution < 1.29 is 14.3 Å². The molecule has 1 atom stereocenters. The first-order valence-electron chi connectivity index (χ1n) is 12.1. The van der Waals surface area contributed by atoms with E-state index < -0.39 is 5.41 Å². The first kappa shape index (κ1) is 26.1. The summed E-state index contributed by atoms with van der Waals surface area (Å²) in [4.78, 5) is 30.3. The van der Waals surface area contributed by atoms with E-state index in [0.29, 0.717) is 41.8 Å². The van der Waals surface area contributed by atoms with Gasteiger partial charge in [-0.15, -0.1) is 0 Å². The molecule has 0 bridgehead atoms. The Labute approximate surface area is 222 Å². The standard InChI is InChI=1S/C29H30Cl2N2O3/c1-32(19-22-9-4-2-5-10-22)27(34)18-29(21-36-24-11-6-3-7-12-24)15-8-16-33(20-29)28(35)23-13-14-25(30)26(31)17-23/h2-7,9-14,17H,8,15-16,18-21H2,1H3/t29-/m1/s1. The van der Waals surface area contributed by atoms with Gasteiger partial charge in [-0.3, -0.25) is 9.59 Å². The predicted octanol–water partition coefficient (Wildman–Crippen LogP) is 6.34. The van der Waals surface area contributed by atoms with Gasteiger partial charge in [0, 0.05) is 44.1 Å². The Bertz CT molecular complexity index is 1190. The van der Waals surface area contributed by atoms with Gasteiger partial charge in [0.2, 0.25) is 5.91 Å². The molecule has 4 rings (SSSR count). The molecule has 188 valence electrons. The first-order valence-corrected chi connectivity index (χ1v) is 12.8. The summed E-state index contributed by atoms with van der Waals surface area (Å²) in [6, 6.07) is 24.4. The van der Waals surface area contributed by atoms with Crippen LogP contribution in [0.3, 0.4) is 0 Å². The maximum Gasteiger partial charge on any atom is 0.253 e. The van der Waals surface area contributed by atoms with Crippen LogP contribution in [-0.4, -0.2) is 48.4 Å². The summed E-state index contributed by atoms with van der Waals surface area (Å²) in [7, 11) is 1.82. The second kappa shape index (κ2) is 11.8. The van der Waals surface area contributed by atoms with Gasteiger partial charge >= 0.3 is 0 Å². The van der Waals surface area contributed by atoms with Crippen LogP contribution in [0, 0.1) is 5.41 Å². The molecule has 1 aliphatic heterocycles. The number of amides is 2. The highest BCUT2D eigenvalue weighted by Gasteiger charge is 2.40. The van der Waals surface area contributed by atoms with Gasteiger partial charge in [-0.05, 0) is 48.7 Å². The maximum atomic E-state index is 13.4. The van der Waals surface area contributed by atoms with Crippen molar-refractivity contribution in [2.24, 2.45) is 5.41 Å². The predicted molar refractivity (Wildman–Crippen MR) is 144 cm³/mol. The van der Waals surface area contributed by atoms with Crippen LogP contribution in [0.15, 0.2) is 78.9 Å². The van der Waals surface area contributed by atoms with Crippen molar-refractivity contribution in [1.29, 1.82) is 0 Å². The molecule has 0 spiro atoms. The number of para-hydroxylation sites is 1. The van der Waals surface area contributed by atoms with E-state index in [9.17, 15) is 9.59 Å². The van der Waals surface area contributed by atoms with Gasteiger partial charge in [-0.1, -0.05) is 71.7 Å². The molecule has 0 unspecified atom stereocenters. The van der Waals surface area contributed by atoms with E-state index in [1.807, 2.05) is 72.6 Å². The van der Waals surface area contributed by atoms with E-state index >= 15 is 0 Å². The van der Waals surface area contributed by atoms with E-state index in [0.717, 1.165) is 24.2 Å². The van der Waals surface area contributed by atoms with Crippen LogP contribution in [0.25, 0.3) is 0 Å². The molecular weight excluding hydrogens is 495 g/mol. The molecule has 0 saturated carbocycles. The van der Waals surface area contributed by atoms with Crippen molar-refractivity contribution in [2.45, 2.75) is 25.8 Å². The number of ether oxygens (including phenoxy) is 1. The quantitative estimate of drug-likeness (QED) is 0.345. The minimum atomic E-state index is -0.512. The van der Waals surface area contributed by atoms with Crippen molar-refractivity contribution in [3.05, 3.63) is 100 Å². The summed E-state index contributed by atoms with van der Waals surface area (Å²) in [6.07, 6.45) is 1.85. The number of hydrogen-bond acceptors (Lipinski definition) is 3. The fourth-order valence-electron chi connectivity index (χ4n) is 4.66. The lowest BCUT2D eigenvalue weighted by molar-refractivity contribution is -0.134. The molecule has 0 N–H and O–H groups in total. The molecule has 1 fully saturated rings.